The van der Waals surface area contributed by atoms with E-state index >= 15 is 0 Å². The van der Waals surface area contributed by atoms with Crippen molar-refractivity contribution in [3.05, 3.63) is 52.2 Å². The van der Waals surface area contributed by atoms with Crippen molar-refractivity contribution in [2.24, 2.45) is 0 Å². The van der Waals surface area contributed by atoms with E-state index in [1.165, 1.54) is 12.1 Å². The van der Waals surface area contributed by atoms with Crippen LogP contribution < -0.4 is 5.32 Å². The Hall–Kier alpha value is -1.42. The van der Waals surface area contributed by atoms with Crippen molar-refractivity contribution in [1.29, 1.82) is 0 Å². The van der Waals surface area contributed by atoms with Gasteiger partial charge in [-0.25, -0.2) is 8.78 Å². The van der Waals surface area contributed by atoms with Crippen LogP contribution in [-0.2, 0) is 0 Å². The van der Waals surface area contributed by atoms with Crippen LogP contribution in [0.1, 0.15) is 18.5 Å². The molecule has 1 aromatic carbocycles. The lowest BCUT2D eigenvalue weighted by Gasteiger charge is -2.14. The van der Waals surface area contributed by atoms with Crippen LogP contribution in [0.25, 0.3) is 0 Å². The monoisotopic (exact) mass is 239 g/mol. The SMILES string of the molecule is CC(Nc1ccsc1)c1cc(F)cc(F)c1. The van der Waals surface area contributed by atoms with Gasteiger partial charge in [-0.15, -0.1) is 0 Å². The topological polar surface area (TPSA) is 12.0 Å². The first kappa shape index (κ1) is 11.1. The van der Waals surface area contributed by atoms with Crippen LogP contribution in [0.4, 0.5) is 14.5 Å². The molecule has 16 heavy (non-hydrogen) atoms. The van der Waals surface area contributed by atoms with Crippen molar-refractivity contribution in [3.8, 4) is 0 Å². The molecule has 1 N–H and O–H groups in total. The van der Waals surface area contributed by atoms with Crippen LogP contribution >= 0.6 is 11.3 Å². The number of thiophene rings is 1. The van der Waals surface area contributed by atoms with Gasteiger partial charge in [-0.1, -0.05) is 0 Å². The van der Waals surface area contributed by atoms with Gasteiger partial charge >= 0.3 is 0 Å². The van der Waals surface area contributed by atoms with Crippen molar-refractivity contribution in [2.75, 3.05) is 5.32 Å². The summed E-state index contributed by atoms with van der Waals surface area (Å²) in [6.45, 7) is 1.87. The number of nitrogens with one attached hydrogen (secondary N) is 1. The molecule has 1 heterocycles. The van der Waals surface area contributed by atoms with E-state index in [4.69, 9.17) is 0 Å². The zero-order valence-electron chi connectivity index (χ0n) is 8.71. The summed E-state index contributed by atoms with van der Waals surface area (Å²) in [5.74, 6) is -1.09. The average molecular weight is 239 g/mol. The van der Waals surface area contributed by atoms with Gasteiger partial charge in [0.05, 0.1) is 0 Å². The second-order valence-corrected chi connectivity index (χ2v) is 4.36. The molecule has 0 aliphatic heterocycles. The van der Waals surface area contributed by atoms with Gasteiger partial charge in [-0.2, -0.15) is 11.3 Å². The fourth-order valence-electron chi connectivity index (χ4n) is 1.51. The van der Waals surface area contributed by atoms with Crippen LogP contribution in [0.15, 0.2) is 35.0 Å². The van der Waals surface area contributed by atoms with Crippen LogP contribution in [-0.4, -0.2) is 0 Å². The van der Waals surface area contributed by atoms with E-state index < -0.39 is 11.6 Å². The number of hydrogen-bond donors (Lipinski definition) is 1. The molecular formula is C12H11F2NS. The molecule has 1 nitrogen and oxygen atoms in total. The Kier molecular flexibility index (Phi) is 3.19. The van der Waals surface area contributed by atoms with E-state index in [1.807, 2.05) is 23.8 Å². The van der Waals surface area contributed by atoms with E-state index in [2.05, 4.69) is 5.32 Å². The second kappa shape index (κ2) is 4.61. The standard InChI is InChI=1S/C12H11F2NS/c1-8(15-12-2-3-16-7-12)9-4-10(13)6-11(14)5-9/h2-8,15H,1H3. The highest BCUT2D eigenvalue weighted by Gasteiger charge is 2.08. The molecule has 0 aliphatic rings. The van der Waals surface area contributed by atoms with Gasteiger partial charge in [0.2, 0.25) is 0 Å². The quantitative estimate of drug-likeness (QED) is 0.846. The van der Waals surface area contributed by atoms with Gasteiger partial charge < -0.3 is 5.32 Å². The molecule has 0 saturated heterocycles. The first-order valence-corrected chi connectivity index (χ1v) is 5.84. The molecule has 0 saturated carbocycles. The predicted octanol–water partition coefficient (Wildman–Crippen LogP) is 4.20. The first-order chi connectivity index (χ1) is 7.65. The van der Waals surface area contributed by atoms with Crippen molar-refractivity contribution >= 4 is 17.0 Å². The summed E-state index contributed by atoms with van der Waals surface area (Å²) >= 11 is 1.57. The maximum atomic E-state index is 13.0. The summed E-state index contributed by atoms with van der Waals surface area (Å²) < 4.78 is 26.0. The van der Waals surface area contributed by atoms with Gasteiger partial charge in [0.15, 0.2) is 0 Å². The third-order valence-electron chi connectivity index (χ3n) is 2.29. The minimum absolute atomic E-state index is 0.125. The highest BCUT2D eigenvalue weighted by atomic mass is 32.1. The van der Waals surface area contributed by atoms with Crippen LogP contribution in [0, 0.1) is 11.6 Å². The molecule has 4 heteroatoms. The number of anilines is 1. The minimum Gasteiger partial charge on any atom is -0.378 e. The average Bonchev–Trinajstić information content (AvgIpc) is 2.68. The summed E-state index contributed by atoms with van der Waals surface area (Å²) in [6, 6.07) is 5.36. The van der Waals surface area contributed by atoms with Gasteiger partial charge in [-0.05, 0) is 36.1 Å². The van der Waals surface area contributed by atoms with Crippen LogP contribution in [0.3, 0.4) is 0 Å². The Balaban J connectivity index is 2.17. The summed E-state index contributed by atoms with van der Waals surface area (Å²) in [5.41, 5.74) is 1.56. The summed E-state index contributed by atoms with van der Waals surface area (Å²) in [4.78, 5) is 0. The lowest BCUT2D eigenvalue weighted by Crippen LogP contribution is -2.06. The highest BCUT2D eigenvalue weighted by Crippen LogP contribution is 2.22. The zero-order valence-corrected chi connectivity index (χ0v) is 9.52. The lowest BCUT2D eigenvalue weighted by molar-refractivity contribution is 0.577. The largest absolute Gasteiger partial charge is 0.378 e. The minimum atomic E-state index is -0.547. The van der Waals surface area contributed by atoms with Crippen molar-refractivity contribution in [3.63, 3.8) is 0 Å². The molecule has 84 valence electrons. The van der Waals surface area contributed by atoms with E-state index in [1.54, 1.807) is 11.3 Å². The van der Waals surface area contributed by atoms with Gasteiger partial charge in [-0.3, -0.25) is 0 Å². The van der Waals surface area contributed by atoms with E-state index in [-0.39, 0.29) is 6.04 Å². The molecule has 0 radical (unpaired) electrons. The van der Waals surface area contributed by atoms with Crippen LogP contribution in [0.5, 0.6) is 0 Å². The van der Waals surface area contributed by atoms with Crippen LogP contribution in [0.2, 0.25) is 0 Å². The molecule has 0 bridgehead atoms. The van der Waals surface area contributed by atoms with E-state index in [0.717, 1.165) is 11.8 Å². The second-order valence-electron chi connectivity index (χ2n) is 3.58. The smallest absolute Gasteiger partial charge is 0.126 e. The number of rotatable bonds is 3. The van der Waals surface area contributed by atoms with Crippen molar-refractivity contribution in [1.82, 2.24) is 0 Å². The maximum absolute atomic E-state index is 13.0. The third kappa shape index (κ3) is 2.58. The van der Waals surface area contributed by atoms with Gasteiger partial charge in [0, 0.05) is 23.2 Å². The molecule has 0 amide bonds. The summed E-state index contributed by atoms with van der Waals surface area (Å²) in [5, 5.41) is 7.07. The van der Waals surface area contributed by atoms with Crippen molar-refractivity contribution < 1.29 is 8.78 Å². The molecule has 0 fully saturated rings. The fourth-order valence-corrected chi connectivity index (χ4v) is 2.10. The number of benzene rings is 1. The Morgan fingerprint density at radius 3 is 2.44 bits per heavy atom. The Morgan fingerprint density at radius 1 is 1.19 bits per heavy atom. The summed E-state index contributed by atoms with van der Waals surface area (Å²) in [6.07, 6.45) is 0. The highest BCUT2D eigenvalue weighted by molar-refractivity contribution is 7.08. The maximum Gasteiger partial charge on any atom is 0.126 e. The predicted molar refractivity (Wildman–Crippen MR) is 62.7 cm³/mol. The third-order valence-corrected chi connectivity index (χ3v) is 2.97. The molecule has 2 rings (SSSR count). The van der Waals surface area contributed by atoms with E-state index in [9.17, 15) is 8.78 Å². The molecule has 1 aromatic heterocycles. The number of hydrogen-bond acceptors (Lipinski definition) is 2. The fraction of sp³-hybridized carbons (Fsp3) is 0.167. The molecule has 0 spiro atoms. The van der Waals surface area contributed by atoms with Crippen molar-refractivity contribution in [2.45, 2.75) is 13.0 Å². The summed E-state index contributed by atoms with van der Waals surface area (Å²) in [7, 11) is 0. The zero-order chi connectivity index (χ0) is 11.5. The van der Waals surface area contributed by atoms with Gasteiger partial charge in [0.25, 0.3) is 0 Å². The normalized spacial score (nSPS) is 12.4. The van der Waals surface area contributed by atoms with E-state index in [0.29, 0.717) is 5.56 Å². The molecule has 1 atom stereocenters. The lowest BCUT2D eigenvalue weighted by atomic mass is 10.1. The first-order valence-electron chi connectivity index (χ1n) is 4.90. The Labute approximate surface area is 96.7 Å². The Bertz CT molecular complexity index is 448. The molecular weight excluding hydrogens is 228 g/mol. The van der Waals surface area contributed by atoms with Gasteiger partial charge in [0.1, 0.15) is 11.6 Å². The molecule has 1 unspecified atom stereocenters. The molecule has 0 aliphatic carbocycles. The number of halogens is 2. The molecule has 2 aromatic rings. The Morgan fingerprint density at radius 2 is 1.88 bits per heavy atom.